The van der Waals surface area contributed by atoms with Crippen LogP contribution < -0.4 is 5.32 Å². The SMILES string of the molecule is O=C(Cl)N1CCCCC1.O=C1CC(=O)C(c2cn3c4c(cc(F)cc24)CN(C(=O)N2CCCCC2)CC3)=C1c1noc2ccccc12.O=C1CC(=O)C(c2cn3c4c(cc(F)cc24)CNCC3)=C1c1noc2ccccc12. The van der Waals surface area contributed by atoms with Gasteiger partial charge in [-0.2, -0.15) is 0 Å². The van der Waals surface area contributed by atoms with Crippen molar-refractivity contribution in [3.05, 3.63) is 130 Å². The Hall–Kier alpha value is -8.09. The molecule has 6 aliphatic rings. The van der Waals surface area contributed by atoms with E-state index in [4.69, 9.17) is 20.6 Å². The molecule has 0 spiro atoms. The molecule has 0 atom stereocenters. The lowest BCUT2D eigenvalue weighted by Crippen LogP contribution is -2.45. The second-order valence-corrected chi connectivity index (χ2v) is 20.5. The lowest BCUT2D eigenvalue weighted by molar-refractivity contribution is -0.121. The molecule has 2 fully saturated rings. The largest absolute Gasteiger partial charge is 0.356 e. The molecule has 1 N–H and O–H groups in total. The first-order valence-electron chi connectivity index (χ1n) is 26.0. The molecule has 19 heteroatoms. The number of nitrogens with zero attached hydrogens (tertiary/aromatic N) is 7. The first-order chi connectivity index (χ1) is 37.4. The number of halogens is 3. The average molecular weight is 1060 g/mol. The van der Waals surface area contributed by atoms with Crippen LogP contribution in [0.5, 0.6) is 0 Å². The standard InChI is InChI=1S/C29H25FN4O4.C23H16FN3O3.C6H10ClNO/c30-18-12-17-15-34(29(37)32-8-4-1-5-9-32)11-10-33-16-21(20(13-18)28(17)33)25-22(35)14-23(36)26(25)27-19-6-2-3-7-24(19)38-31-27;24-13-7-12-10-25-5-6-27-11-16(15(8-13)23(12)27)20-17(28)9-18(29)21(20)22-14-3-1-2-4-19(14)30-26-22;7-6(9)8-4-2-1-3-5-8/h2-3,6-7,12-13,16H,1,4-5,8-11,14-15H2;1-4,7-8,11,25H,5-6,9-10H2;1-5H2. The van der Waals surface area contributed by atoms with Crippen molar-refractivity contribution in [2.24, 2.45) is 0 Å². The summed E-state index contributed by atoms with van der Waals surface area (Å²) in [4.78, 5) is 81.3. The number of nitrogens with one attached hydrogen (secondary N) is 1. The van der Waals surface area contributed by atoms with Gasteiger partial charge in [-0.05, 0) is 110 Å². The second kappa shape index (κ2) is 20.5. The van der Waals surface area contributed by atoms with Crippen LogP contribution in [0.15, 0.2) is 94.2 Å². The highest BCUT2D eigenvalue weighted by molar-refractivity contribution is 6.62. The smallest absolute Gasteiger partial charge is 0.320 e. The number of fused-ring (bicyclic) bond motifs is 2. The van der Waals surface area contributed by atoms with Crippen molar-refractivity contribution in [1.82, 2.24) is 39.5 Å². The van der Waals surface area contributed by atoms with E-state index in [0.29, 0.717) is 92.5 Å². The van der Waals surface area contributed by atoms with Crippen LogP contribution in [0.3, 0.4) is 0 Å². The van der Waals surface area contributed by atoms with Crippen LogP contribution in [0.2, 0.25) is 0 Å². The number of piperidine rings is 2. The van der Waals surface area contributed by atoms with Crippen molar-refractivity contribution in [2.75, 3.05) is 39.3 Å². The van der Waals surface area contributed by atoms with E-state index in [2.05, 4.69) is 15.6 Å². The summed E-state index contributed by atoms with van der Waals surface area (Å²) in [6.07, 6.45) is 9.77. The number of carbonyl (C=O) groups excluding carboxylic acids is 6. The van der Waals surface area contributed by atoms with Gasteiger partial charge in [0.05, 0.1) is 35.0 Å². The number of hydrogen-bond donors (Lipinski definition) is 1. The molecule has 0 bridgehead atoms. The minimum atomic E-state index is -0.454. The molecule has 2 saturated heterocycles. The highest BCUT2D eigenvalue weighted by Crippen LogP contribution is 2.44. The van der Waals surface area contributed by atoms with Crippen molar-refractivity contribution in [3.63, 3.8) is 0 Å². The molecule has 8 aromatic rings. The number of allylic oxidation sites excluding steroid dienone is 4. The van der Waals surface area contributed by atoms with Gasteiger partial charge in [-0.25, -0.2) is 13.6 Å². The van der Waals surface area contributed by atoms with Crippen LogP contribution in [0.25, 0.3) is 66.0 Å². The summed E-state index contributed by atoms with van der Waals surface area (Å²) in [5, 5.41) is 13.7. The minimum absolute atomic E-state index is 0.0208. The maximum Gasteiger partial charge on any atom is 0.320 e. The van der Waals surface area contributed by atoms with Gasteiger partial charge in [0, 0.05) is 122 Å². The fourth-order valence-corrected chi connectivity index (χ4v) is 12.0. The Balaban J connectivity index is 0.000000136. The summed E-state index contributed by atoms with van der Waals surface area (Å²) in [5.74, 6) is -2.04. The van der Waals surface area contributed by atoms with E-state index >= 15 is 4.39 Å². The Bertz CT molecular complexity index is 3850. The van der Waals surface area contributed by atoms with Crippen LogP contribution in [0.1, 0.15) is 85.0 Å². The number of hydrogen-bond acceptors (Lipinski definition) is 11. The van der Waals surface area contributed by atoms with Gasteiger partial charge in [0.15, 0.2) is 34.3 Å². The molecule has 0 radical (unpaired) electrons. The van der Waals surface area contributed by atoms with E-state index in [0.717, 1.165) is 81.4 Å². The van der Waals surface area contributed by atoms with Crippen molar-refractivity contribution >= 4 is 112 Å². The second-order valence-electron chi connectivity index (χ2n) is 20.2. The number of amides is 3. The Morgan fingerprint density at radius 3 is 1.55 bits per heavy atom. The monoisotopic (exact) mass is 1060 g/mol. The first-order valence-corrected chi connectivity index (χ1v) is 26.4. The van der Waals surface area contributed by atoms with Gasteiger partial charge in [-0.1, -0.05) is 34.6 Å². The molecule has 4 aromatic heterocycles. The maximum absolute atomic E-state index is 15.0. The highest BCUT2D eigenvalue weighted by Gasteiger charge is 2.39. The number of urea groups is 1. The number of aromatic nitrogens is 4. The summed E-state index contributed by atoms with van der Waals surface area (Å²) in [6.45, 7) is 6.38. The number of ketones is 4. The molecular weight excluding hydrogens is 1010 g/mol. The van der Waals surface area contributed by atoms with E-state index in [1.165, 1.54) is 30.7 Å². The van der Waals surface area contributed by atoms with Crippen LogP contribution in [0.4, 0.5) is 18.4 Å². The minimum Gasteiger partial charge on any atom is -0.356 e. The highest BCUT2D eigenvalue weighted by atomic mass is 35.5. The summed E-state index contributed by atoms with van der Waals surface area (Å²) < 4.78 is 44.3. The third-order valence-corrected chi connectivity index (χ3v) is 15.6. The first kappa shape index (κ1) is 49.8. The summed E-state index contributed by atoms with van der Waals surface area (Å²) in [7, 11) is 0. The third kappa shape index (κ3) is 9.11. The molecule has 14 rings (SSSR count). The Morgan fingerprint density at radius 1 is 0.532 bits per heavy atom. The molecule has 392 valence electrons. The van der Waals surface area contributed by atoms with Gasteiger partial charge in [-0.3, -0.25) is 24.0 Å². The van der Waals surface area contributed by atoms with Gasteiger partial charge in [0.25, 0.3) is 0 Å². The molecule has 16 nitrogen and oxygen atoms in total. The summed E-state index contributed by atoms with van der Waals surface area (Å²) >= 11 is 5.24. The zero-order chi connectivity index (χ0) is 53.1. The fraction of sp³-hybridized carbons (Fsp3) is 0.310. The molecule has 77 heavy (non-hydrogen) atoms. The third-order valence-electron chi connectivity index (χ3n) is 15.4. The quantitative estimate of drug-likeness (QED) is 0.100. The van der Waals surface area contributed by atoms with E-state index in [9.17, 15) is 33.2 Å². The van der Waals surface area contributed by atoms with Crippen molar-refractivity contribution < 1.29 is 46.6 Å². The number of benzene rings is 4. The van der Waals surface area contributed by atoms with Crippen molar-refractivity contribution in [2.45, 2.75) is 77.5 Å². The lowest BCUT2D eigenvalue weighted by Gasteiger charge is -2.32. The molecule has 0 saturated carbocycles. The van der Waals surface area contributed by atoms with Crippen LogP contribution in [-0.2, 0) is 45.4 Å². The number of Topliss-reactive ketones (excluding diaryl/α,β-unsaturated/α-hetero) is 4. The average Bonchev–Trinajstić information content (AvgIpc) is 4.45. The number of carbonyl (C=O) groups is 6. The molecule has 4 aromatic carbocycles. The summed E-state index contributed by atoms with van der Waals surface area (Å²) in [6, 6.07) is 20.2. The van der Waals surface area contributed by atoms with Crippen LogP contribution in [0, 0.1) is 11.6 Å². The van der Waals surface area contributed by atoms with Gasteiger partial charge < -0.3 is 38.2 Å². The van der Waals surface area contributed by atoms with Crippen molar-refractivity contribution in [1.29, 1.82) is 0 Å². The normalized spacial score (nSPS) is 17.9. The number of rotatable bonds is 4. The number of likely N-dealkylation sites (tertiary alicyclic amines) is 2. The zero-order valence-corrected chi connectivity index (χ0v) is 42.6. The topological polar surface area (TPSA) is 186 Å². The predicted octanol–water partition coefficient (Wildman–Crippen LogP) is 10.1. The van der Waals surface area contributed by atoms with E-state index in [1.54, 1.807) is 28.0 Å². The van der Waals surface area contributed by atoms with Gasteiger partial charge >= 0.3 is 11.4 Å². The van der Waals surface area contributed by atoms with E-state index < -0.39 is 5.82 Å². The summed E-state index contributed by atoms with van der Waals surface area (Å²) in [5.41, 5.74) is 7.03. The molecular formula is C58H51ClF2N8O8. The molecule has 8 heterocycles. The molecule has 4 aliphatic heterocycles. The van der Waals surface area contributed by atoms with Gasteiger partial charge in [0.1, 0.15) is 23.0 Å². The number of para-hydroxylation sites is 2. The van der Waals surface area contributed by atoms with Crippen molar-refractivity contribution in [3.8, 4) is 0 Å². The fourth-order valence-electron chi connectivity index (χ4n) is 11.8. The van der Waals surface area contributed by atoms with Crippen LogP contribution in [-0.4, -0.2) is 108 Å². The Morgan fingerprint density at radius 2 is 1.01 bits per heavy atom. The van der Waals surface area contributed by atoms with Crippen LogP contribution >= 0.6 is 11.6 Å². The lowest BCUT2D eigenvalue weighted by atomic mass is 9.96. The molecule has 2 aliphatic carbocycles. The zero-order valence-electron chi connectivity index (χ0n) is 41.8. The van der Waals surface area contributed by atoms with E-state index in [1.807, 2.05) is 56.8 Å². The maximum atomic E-state index is 15.0. The Kier molecular flexibility index (Phi) is 13.2. The van der Waals surface area contributed by atoms with Gasteiger partial charge in [-0.15, -0.1) is 0 Å². The molecule has 3 amide bonds. The predicted molar refractivity (Wildman–Crippen MR) is 284 cm³/mol. The molecule has 0 unspecified atom stereocenters. The van der Waals surface area contributed by atoms with E-state index in [-0.39, 0.29) is 76.5 Å². The Labute approximate surface area is 443 Å². The van der Waals surface area contributed by atoms with Gasteiger partial charge in [0.2, 0.25) is 0 Å².